The summed E-state index contributed by atoms with van der Waals surface area (Å²) >= 11 is -2.02. The van der Waals surface area contributed by atoms with E-state index in [1.165, 1.54) is 0 Å². The normalized spacial score (nSPS) is 25.0. The molecule has 1 saturated carbocycles. The highest BCUT2D eigenvalue weighted by Gasteiger charge is 2.24. The number of hydrogen-bond donors (Lipinski definition) is 1. The minimum Gasteiger partial charge on any atom is -0.489 e. The molecule has 3 atom stereocenters. The van der Waals surface area contributed by atoms with Crippen LogP contribution >= 0.6 is 0 Å². The summed E-state index contributed by atoms with van der Waals surface area (Å²) in [7, 11) is 1.72. The van der Waals surface area contributed by atoms with Crippen LogP contribution in [0.15, 0.2) is 23.1 Å². The largest absolute Gasteiger partial charge is 0.489 e. The monoisotopic (exact) mass is 284 g/mol. The van der Waals surface area contributed by atoms with E-state index in [0.717, 1.165) is 31.2 Å². The van der Waals surface area contributed by atoms with E-state index in [2.05, 4.69) is 0 Å². The Hall–Kier alpha value is -0.910. The highest BCUT2D eigenvalue weighted by Crippen LogP contribution is 2.29. The molecule has 4 nitrogen and oxygen atoms in total. The summed E-state index contributed by atoms with van der Waals surface area (Å²) in [5.41, 5.74) is 1.02. The molecule has 0 bridgehead atoms. The number of aryl methyl sites for hydroxylation is 1. The molecule has 1 aromatic carbocycles. The summed E-state index contributed by atoms with van der Waals surface area (Å²) in [6.07, 6.45) is 4.21. The Morgan fingerprint density at radius 2 is 2.05 bits per heavy atom. The van der Waals surface area contributed by atoms with Gasteiger partial charge in [0.1, 0.15) is 16.7 Å². The van der Waals surface area contributed by atoms with Gasteiger partial charge >= 0.3 is 0 Å². The summed E-state index contributed by atoms with van der Waals surface area (Å²) in [6.45, 7) is 1.94. The van der Waals surface area contributed by atoms with Gasteiger partial charge in [-0.05, 0) is 43.9 Å². The average molecular weight is 284 g/mol. The quantitative estimate of drug-likeness (QED) is 0.864. The van der Waals surface area contributed by atoms with Crippen LogP contribution < -0.4 is 4.74 Å². The average Bonchev–Trinajstić information content (AvgIpc) is 2.38. The lowest BCUT2D eigenvalue weighted by Gasteiger charge is -2.29. The number of benzene rings is 1. The van der Waals surface area contributed by atoms with Crippen molar-refractivity contribution in [3.8, 4) is 5.75 Å². The van der Waals surface area contributed by atoms with Gasteiger partial charge in [0, 0.05) is 13.5 Å². The highest BCUT2D eigenvalue weighted by atomic mass is 32.2. The van der Waals surface area contributed by atoms with Crippen molar-refractivity contribution >= 4 is 11.1 Å². The number of methoxy groups -OCH3 is 1. The first-order valence-corrected chi connectivity index (χ1v) is 7.61. The summed E-state index contributed by atoms with van der Waals surface area (Å²) < 4.78 is 31.9. The summed E-state index contributed by atoms with van der Waals surface area (Å²) in [5.74, 6) is 0.516. The van der Waals surface area contributed by atoms with E-state index in [1.54, 1.807) is 13.2 Å². The maximum Gasteiger partial charge on any atom is 0.190 e. The molecule has 19 heavy (non-hydrogen) atoms. The van der Waals surface area contributed by atoms with Gasteiger partial charge in [-0.25, -0.2) is 4.21 Å². The summed E-state index contributed by atoms with van der Waals surface area (Å²) in [6, 6.07) is 5.28. The lowest BCUT2D eigenvalue weighted by molar-refractivity contribution is 0.0200. The molecule has 1 fully saturated rings. The Bertz CT molecular complexity index is 461. The zero-order chi connectivity index (χ0) is 13.8. The lowest BCUT2D eigenvalue weighted by Crippen LogP contribution is -2.29. The van der Waals surface area contributed by atoms with Crippen LogP contribution in [0.3, 0.4) is 0 Å². The van der Waals surface area contributed by atoms with Crippen molar-refractivity contribution in [1.29, 1.82) is 0 Å². The molecule has 0 saturated heterocycles. The van der Waals surface area contributed by atoms with Crippen LogP contribution in [0.1, 0.15) is 31.2 Å². The van der Waals surface area contributed by atoms with Crippen molar-refractivity contribution in [2.24, 2.45) is 0 Å². The second-order valence-electron chi connectivity index (χ2n) is 4.96. The molecule has 0 aromatic heterocycles. The van der Waals surface area contributed by atoms with Crippen LogP contribution in [-0.4, -0.2) is 28.1 Å². The van der Waals surface area contributed by atoms with Gasteiger partial charge in [-0.15, -0.1) is 0 Å². The number of ether oxygens (including phenoxy) is 2. The molecular formula is C14H20O4S. The van der Waals surface area contributed by atoms with Crippen LogP contribution in [0.25, 0.3) is 0 Å². The Morgan fingerprint density at radius 1 is 1.32 bits per heavy atom. The van der Waals surface area contributed by atoms with Gasteiger partial charge in [0.15, 0.2) is 11.1 Å². The summed E-state index contributed by atoms with van der Waals surface area (Å²) in [4.78, 5) is 0.338. The molecule has 1 N–H and O–H groups in total. The molecule has 1 aliphatic rings. The maximum atomic E-state index is 11.3. The van der Waals surface area contributed by atoms with E-state index in [4.69, 9.17) is 9.47 Å². The molecule has 0 aliphatic heterocycles. The maximum absolute atomic E-state index is 11.3. The Balaban J connectivity index is 2.13. The van der Waals surface area contributed by atoms with E-state index >= 15 is 0 Å². The molecule has 1 unspecified atom stereocenters. The Morgan fingerprint density at radius 3 is 2.74 bits per heavy atom. The third-order valence-corrected chi connectivity index (χ3v) is 4.21. The van der Waals surface area contributed by atoms with Crippen molar-refractivity contribution in [3.63, 3.8) is 0 Å². The molecular weight excluding hydrogens is 264 g/mol. The van der Waals surface area contributed by atoms with Crippen LogP contribution in [-0.2, 0) is 15.8 Å². The zero-order valence-electron chi connectivity index (χ0n) is 11.3. The van der Waals surface area contributed by atoms with Gasteiger partial charge < -0.3 is 14.0 Å². The van der Waals surface area contributed by atoms with Gasteiger partial charge in [0.2, 0.25) is 0 Å². The van der Waals surface area contributed by atoms with Crippen LogP contribution in [0.5, 0.6) is 5.75 Å². The SMILES string of the molecule is CO[C@@H]1CCC[C@@H](Oc2cc(C)ccc2S(=O)O)C1. The van der Waals surface area contributed by atoms with E-state index in [9.17, 15) is 8.76 Å². The van der Waals surface area contributed by atoms with Gasteiger partial charge in [-0.1, -0.05) is 6.07 Å². The van der Waals surface area contributed by atoms with Gasteiger partial charge in [0.05, 0.1) is 6.10 Å². The lowest BCUT2D eigenvalue weighted by atomic mass is 9.95. The zero-order valence-corrected chi connectivity index (χ0v) is 12.1. The van der Waals surface area contributed by atoms with Gasteiger partial charge in [0.25, 0.3) is 0 Å². The number of hydrogen-bond acceptors (Lipinski definition) is 3. The number of rotatable bonds is 4. The molecule has 0 heterocycles. The fraction of sp³-hybridized carbons (Fsp3) is 0.571. The van der Waals surface area contributed by atoms with Crippen LogP contribution in [0.2, 0.25) is 0 Å². The predicted octanol–water partition coefficient (Wildman–Crippen LogP) is 2.91. The van der Waals surface area contributed by atoms with Crippen molar-refractivity contribution in [3.05, 3.63) is 23.8 Å². The first kappa shape index (κ1) is 14.5. The molecule has 1 aliphatic carbocycles. The topological polar surface area (TPSA) is 55.8 Å². The fourth-order valence-corrected chi connectivity index (χ4v) is 2.92. The molecule has 106 valence electrons. The third kappa shape index (κ3) is 3.78. The molecule has 0 spiro atoms. The van der Waals surface area contributed by atoms with Crippen molar-refractivity contribution < 1.29 is 18.2 Å². The predicted molar refractivity (Wildman–Crippen MR) is 73.9 cm³/mol. The standard InChI is InChI=1S/C14H20O4S/c1-10-6-7-14(19(15)16)13(8-10)18-12-5-3-4-11(9-12)17-2/h6-8,11-12H,3-5,9H2,1-2H3,(H,15,16)/t11-,12-/m1/s1. The Labute approximate surface area is 116 Å². The second kappa shape index (κ2) is 6.50. The van der Waals surface area contributed by atoms with Crippen molar-refractivity contribution in [1.82, 2.24) is 0 Å². The van der Waals surface area contributed by atoms with E-state index in [1.807, 2.05) is 19.1 Å². The molecule has 0 radical (unpaired) electrons. The Kier molecular flexibility index (Phi) is 4.96. The molecule has 2 rings (SSSR count). The smallest absolute Gasteiger partial charge is 0.190 e. The van der Waals surface area contributed by atoms with E-state index < -0.39 is 11.1 Å². The van der Waals surface area contributed by atoms with Gasteiger partial charge in [-0.3, -0.25) is 0 Å². The van der Waals surface area contributed by atoms with Crippen LogP contribution in [0.4, 0.5) is 0 Å². The highest BCUT2D eigenvalue weighted by molar-refractivity contribution is 7.79. The second-order valence-corrected chi connectivity index (χ2v) is 5.90. The van der Waals surface area contributed by atoms with Crippen LogP contribution in [0, 0.1) is 6.92 Å². The third-order valence-electron chi connectivity index (χ3n) is 3.49. The van der Waals surface area contributed by atoms with Gasteiger partial charge in [-0.2, -0.15) is 0 Å². The minimum atomic E-state index is -2.02. The molecule has 5 heteroatoms. The van der Waals surface area contributed by atoms with Crippen molar-refractivity contribution in [2.75, 3.05) is 7.11 Å². The van der Waals surface area contributed by atoms with E-state index in [0.29, 0.717) is 10.6 Å². The fourth-order valence-electron chi connectivity index (χ4n) is 2.45. The molecule has 0 amide bonds. The van der Waals surface area contributed by atoms with E-state index in [-0.39, 0.29) is 12.2 Å². The van der Waals surface area contributed by atoms with Crippen molar-refractivity contribution in [2.45, 2.75) is 49.7 Å². The summed E-state index contributed by atoms with van der Waals surface area (Å²) in [5, 5.41) is 0. The molecule has 1 aromatic rings. The first-order valence-electron chi connectivity index (χ1n) is 6.51. The minimum absolute atomic E-state index is 0.0581. The first-order chi connectivity index (χ1) is 9.10.